The predicted molar refractivity (Wildman–Crippen MR) is 125 cm³/mol. The molecule has 3 aliphatic rings. The molecule has 10 heteroatoms. The van der Waals surface area contributed by atoms with Crippen LogP contribution in [0.5, 0.6) is 5.75 Å². The summed E-state index contributed by atoms with van der Waals surface area (Å²) in [6.07, 6.45) is 3.45. The van der Waals surface area contributed by atoms with Crippen molar-refractivity contribution < 1.29 is 23.8 Å². The van der Waals surface area contributed by atoms with E-state index in [1.54, 1.807) is 7.11 Å². The third kappa shape index (κ3) is 5.33. The first kappa shape index (κ1) is 23.7. The SMILES string of the molecule is COc1ccc(CCC(=O)N2CCC3(C2)Cn2nnc(CNC(=O)C4CCOCC4)c2CO3)cc1. The standard InChI is InChI=1S/C25H33N5O5/c1-33-20-5-2-18(3-6-20)4-7-23(31)29-11-10-25(16-29)17-30-22(15-35-25)21(27-28-30)14-26-24(32)19-8-12-34-13-9-19/h2-3,5-6,19H,4,7-17H2,1H3,(H,26,32). The van der Waals surface area contributed by atoms with E-state index < -0.39 is 5.60 Å². The molecule has 5 rings (SSSR count). The molecule has 2 amide bonds. The van der Waals surface area contributed by atoms with E-state index in [0.717, 1.165) is 42.0 Å². The van der Waals surface area contributed by atoms with Gasteiger partial charge in [0.1, 0.15) is 17.0 Å². The maximum absolute atomic E-state index is 12.9. The predicted octanol–water partition coefficient (Wildman–Crippen LogP) is 1.46. The number of amides is 2. The monoisotopic (exact) mass is 483 g/mol. The van der Waals surface area contributed by atoms with E-state index in [1.807, 2.05) is 33.8 Å². The smallest absolute Gasteiger partial charge is 0.223 e. The molecule has 1 atom stereocenters. The average molecular weight is 484 g/mol. The zero-order valence-corrected chi connectivity index (χ0v) is 20.2. The molecule has 2 aromatic rings. The number of hydrogen-bond donors (Lipinski definition) is 1. The Kier molecular flexibility index (Phi) is 7.01. The Morgan fingerprint density at radius 3 is 2.77 bits per heavy atom. The zero-order valence-electron chi connectivity index (χ0n) is 20.2. The number of likely N-dealkylation sites (tertiary alicyclic amines) is 1. The highest BCUT2D eigenvalue weighted by Crippen LogP contribution is 2.33. The zero-order chi connectivity index (χ0) is 24.3. The normalized spacial score (nSPS) is 22.3. The number of nitrogens with one attached hydrogen (secondary N) is 1. The number of nitrogens with zero attached hydrogens (tertiary/aromatic N) is 4. The molecule has 0 radical (unpaired) electrons. The molecular formula is C25H33N5O5. The van der Waals surface area contributed by atoms with Gasteiger partial charge in [-0.25, -0.2) is 4.68 Å². The number of benzene rings is 1. The van der Waals surface area contributed by atoms with Gasteiger partial charge >= 0.3 is 0 Å². The summed E-state index contributed by atoms with van der Waals surface area (Å²) in [5.41, 5.74) is 2.32. The molecule has 188 valence electrons. The van der Waals surface area contributed by atoms with E-state index in [0.29, 0.717) is 58.8 Å². The van der Waals surface area contributed by atoms with Crippen molar-refractivity contribution in [1.29, 1.82) is 0 Å². The second kappa shape index (κ2) is 10.3. The van der Waals surface area contributed by atoms with Crippen LogP contribution in [0.15, 0.2) is 24.3 Å². The minimum Gasteiger partial charge on any atom is -0.497 e. The van der Waals surface area contributed by atoms with Crippen LogP contribution in [0.25, 0.3) is 0 Å². The molecule has 1 N–H and O–H groups in total. The van der Waals surface area contributed by atoms with Crippen molar-refractivity contribution in [3.8, 4) is 5.75 Å². The molecule has 4 heterocycles. The number of ether oxygens (including phenoxy) is 3. The summed E-state index contributed by atoms with van der Waals surface area (Å²) in [6, 6.07) is 7.83. The number of methoxy groups -OCH3 is 1. The largest absolute Gasteiger partial charge is 0.497 e. The van der Waals surface area contributed by atoms with Gasteiger partial charge in [0.2, 0.25) is 11.8 Å². The van der Waals surface area contributed by atoms with Crippen LogP contribution in [0, 0.1) is 5.92 Å². The van der Waals surface area contributed by atoms with Gasteiger partial charge in [-0.3, -0.25) is 9.59 Å². The Morgan fingerprint density at radius 2 is 2.00 bits per heavy atom. The first-order valence-corrected chi connectivity index (χ1v) is 12.4. The molecule has 2 saturated heterocycles. The molecule has 0 bridgehead atoms. The van der Waals surface area contributed by atoms with E-state index in [1.165, 1.54) is 0 Å². The van der Waals surface area contributed by atoms with Crippen molar-refractivity contribution in [3.63, 3.8) is 0 Å². The van der Waals surface area contributed by atoms with Gasteiger partial charge in [-0.2, -0.15) is 0 Å². The van der Waals surface area contributed by atoms with Gasteiger partial charge in [0.25, 0.3) is 0 Å². The second-order valence-electron chi connectivity index (χ2n) is 9.63. The van der Waals surface area contributed by atoms with Gasteiger partial charge in [-0.15, -0.1) is 5.10 Å². The number of rotatable bonds is 7. The summed E-state index contributed by atoms with van der Waals surface area (Å²) in [4.78, 5) is 27.2. The summed E-state index contributed by atoms with van der Waals surface area (Å²) in [7, 11) is 1.64. The Bertz CT molecular complexity index is 1050. The molecule has 10 nitrogen and oxygen atoms in total. The first-order valence-electron chi connectivity index (χ1n) is 12.4. The quantitative estimate of drug-likeness (QED) is 0.635. The van der Waals surface area contributed by atoms with Gasteiger partial charge < -0.3 is 24.4 Å². The van der Waals surface area contributed by atoms with Crippen LogP contribution in [0.2, 0.25) is 0 Å². The van der Waals surface area contributed by atoms with Crippen LogP contribution in [0.1, 0.15) is 42.6 Å². The lowest BCUT2D eigenvalue weighted by atomic mass is 9.99. The number of aryl methyl sites for hydroxylation is 1. The molecule has 0 aliphatic carbocycles. The first-order chi connectivity index (χ1) is 17.0. The molecule has 1 unspecified atom stereocenters. The van der Waals surface area contributed by atoms with Gasteiger partial charge in [-0.05, 0) is 43.4 Å². The number of hydrogen-bond acceptors (Lipinski definition) is 7. The highest BCUT2D eigenvalue weighted by atomic mass is 16.5. The van der Waals surface area contributed by atoms with E-state index in [9.17, 15) is 9.59 Å². The number of carbonyl (C=O) groups is 2. The van der Waals surface area contributed by atoms with E-state index in [4.69, 9.17) is 14.2 Å². The van der Waals surface area contributed by atoms with Crippen LogP contribution in [-0.4, -0.2) is 70.7 Å². The summed E-state index contributed by atoms with van der Waals surface area (Å²) in [5, 5.41) is 11.6. The van der Waals surface area contributed by atoms with Crippen molar-refractivity contribution in [2.75, 3.05) is 33.4 Å². The number of fused-ring (bicyclic) bond motifs is 1. The van der Waals surface area contributed by atoms with E-state index in [2.05, 4.69) is 15.6 Å². The fraction of sp³-hybridized carbons (Fsp3) is 0.600. The van der Waals surface area contributed by atoms with Crippen LogP contribution in [-0.2, 0) is 45.2 Å². The number of carbonyl (C=O) groups excluding carboxylic acids is 2. The minimum atomic E-state index is -0.431. The lowest BCUT2D eigenvalue weighted by Crippen LogP contribution is -2.45. The molecule has 0 saturated carbocycles. The summed E-state index contributed by atoms with van der Waals surface area (Å²) >= 11 is 0. The van der Waals surface area contributed by atoms with E-state index in [-0.39, 0.29) is 17.7 Å². The lowest BCUT2D eigenvalue weighted by molar-refractivity contribution is -0.133. The Morgan fingerprint density at radius 1 is 1.20 bits per heavy atom. The Balaban J connectivity index is 1.12. The maximum atomic E-state index is 12.9. The fourth-order valence-corrected chi connectivity index (χ4v) is 5.11. The van der Waals surface area contributed by atoms with Gasteiger partial charge in [0.15, 0.2) is 0 Å². The van der Waals surface area contributed by atoms with Crippen molar-refractivity contribution in [2.45, 2.75) is 57.4 Å². The van der Waals surface area contributed by atoms with Gasteiger partial charge in [0.05, 0.1) is 39.0 Å². The van der Waals surface area contributed by atoms with Crippen molar-refractivity contribution >= 4 is 11.8 Å². The Labute approximate surface area is 204 Å². The second-order valence-corrected chi connectivity index (χ2v) is 9.63. The highest BCUT2D eigenvalue weighted by Gasteiger charge is 2.44. The molecule has 2 fully saturated rings. The molecular weight excluding hydrogens is 450 g/mol. The van der Waals surface area contributed by atoms with Crippen molar-refractivity contribution in [2.24, 2.45) is 5.92 Å². The number of aromatic nitrogens is 3. The van der Waals surface area contributed by atoms with Crippen LogP contribution < -0.4 is 10.1 Å². The van der Waals surface area contributed by atoms with Crippen LogP contribution in [0.4, 0.5) is 0 Å². The average Bonchev–Trinajstić information content (AvgIpc) is 3.50. The lowest BCUT2D eigenvalue weighted by Gasteiger charge is -2.34. The van der Waals surface area contributed by atoms with Gasteiger partial charge in [0, 0.05) is 32.1 Å². The van der Waals surface area contributed by atoms with Crippen molar-refractivity contribution in [3.05, 3.63) is 41.2 Å². The summed E-state index contributed by atoms with van der Waals surface area (Å²) in [6.45, 7) is 3.79. The van der Waals surface area contributed by atoms with E-state index >= 15 is 0 Å². The maximum Gasteiger partial charge on any atom is 0.223 e. The Hall–Kier alpha value is -2.98. The van der Waals surface area contributed by atoms with Gasteiger partial charge in [-0.1, -0.05) is 17.3 Å². The van der Waals surface area contributed by atoms with Crippen molar-refractivity contribution in [1.82, 2.24) is 25.2 Å². The summed E-state index contributed by atoms with van der Waals surface area (Å²) in [5.74, 6) is 1.000. The molecule has 1 aromatic carbocycles. The third-order valence-electron chi connectivity index (χ3n) is 7.35. The molecule has 1 spiro atoms. The fourth-order valence-electron chi connectivity index (χ4n) is 5.11. The molecule has 1 aromatic heterocycles. The topological polar surface area (TPSA) is 108 Å². The van der Waals surface area contributed by atoms with Crippen LogP contribution in [0.3, 0.4) is 0 Å². The minimum absolute atomic E-state index is 0.00130. The molecule has 35 heavy (non-hydrogen) atoms. The summed E-state index contributed by atoms with van der Waals surface area (Å²) < 4.78 is 18.7. The third-order valence-corrected chi connectivity index (χ3v) is 7.35. The highest BCUT2D eigenvalue weighted by molar-refractivity contribution is 5.78. The van der Waals surface area contributed by atoms with Crippen LogP contribution >= 0.6 is 0 Å². The molecule has 3 aliphatic heterocycles.